The Morgan fingerprint density at radius 1 is 1.03 bits per heavy atom. The van der Waals surface area contributed by atoms with Gasteiger partial charge in [0.25, 0.3) is 0 Å². The van der Waals surface area contributed by atoms with Crippen LogP contribution in [0, 0.1) is 20.2 Å². The molecule has 14 heteroatoms. The minimum atomic E-state index is -0.527. The van der Waals surface area contributed by atoms with Gasteiger partial charge >= 0.3 is 11.4 Å². The van der Waals surface area contributed by atoms with E-state index in [4.69, 9.17) is 19.3 Å². The van der Waals surface area contributed by atoms with Gasteiger partial charge in [0.15, 0.2) is 6.29 Å². The fraction of sp³-hybridized carbons (Fsp3) is 0.600. The maximum absolute atomic E-state index is 10.4. The summed E-state index contributed by atoms with van der Waals surface area (Å²) < 4.78 is 18.6. The van der Waals surface area contributed by atoms with E-state index in [1.54, 1.807) is 6.26 Å². The summed E-state index contributed by atoms with van der Waals surface area (Å²) in [5.41, 5.74) is -0.0580. The maximum atomic E-state index is 10.4. The molecule has 0 spiro atoms. The number of aromatic nitrogens is 4. The topological polar surface area (TPSA) is 170 Å². The summed E-state index contributed by atoms with van der Waals surface area (Å²) in [5, 5.41) is 36.5. The molecular formula is C20H30N6O8. The van der Waals surface area contributed by atoms with E-state index in [1.807, 2.05) is 6.08 Å². The van der Waals surface area contributed by atoms with Crippen molar-refractivity contribution >= 4 is 11.4 Å². The van der Waals surface area contributed by atoms with Crippen LogP contribution in [-0.4, -0.2) is 67.2 Å². The highest BCUT2D eigenvalue weighted by atomic mass is 16.7. The lowest BCUT2D eigenvalue weighted by molar-refractivity contribution is -0.385. The molecule has 0 aromatic carbocycles. The Morgan fingerprint density at radius 2 is 1.71 bits per heavy atom. The molecule has 0 aliphatic carbocycles. The van der Waals surface area contributed by atoms with E-state index in [9.17, 15) is 20.2 Å². The minimum absolute atomic E-state index is 0.00100. The zero-order chi connectivity index (χ0) is 24.6. The van der Waals surface area contributed by atoms with E-state index < -0.39 is 9.85 Å². The molecule has 1 saturated heterocycles. The molecule has 1 unspecified atom stereocenters. The zero-order valence-electron chi connectivity index (χ0n) is 18.8. The van der Waals surface area contributed by atoms with Crippen LogP contribution in [0.2, 0.25) is 0 Å². The lowest BCUT2D eigenvalue weighted by atomic mass is 10.2. The average Bonchev–Trinajstić information content (AvgIpc) is 3.52. The Bertz CT molecular complexity index is 885. The summed E-state index contributed by atoms with van der Waals surface area (Å²) in [6.45, 7) is 2.82. The summed E-state index contributed by atoms with van der Waals surface area (Å²) in [6, 6.07) is 0. The van der Waals surface area contributed by atoms with Crippen LogP contribution in [0.5, 0.6) is 0 Å². The number of aliphatic hydroxyl groups is 1. The third-order valence-electron chi connectivity index (χ3n) is 4.58. The van der Waals surface area contributed by atoms with Gasteiger partial charge in [-0.25, -0.2) is 0 Å². The molecule has 1 atom stereocenters. The van der Waals surface area contributed by atoms with Crippen molar-refractivity contribution in [3.8, 4) is 0 Å². The Morgan fingerprint density at radius 3 is 2.12 bits per heavy atom. The van der Waals surface area contributed by atoms with Gasteiger partial charge in [0, 0.05) is 6.61 Å². The second kappa shape index (κ2) is 15.5. The second-order valence-corrected chi connectivity index (χ2v) is 7.21. The van der Waals surface area contributed by atoms with E-state index in [0.29, 0.717) is 13.2 Å². The Balaban J connectivity index is 0.000000204. The van der Waals surface area contributed by atoms with Gasteiger partial charge in [-0.05, 0) is 38.2 Å². The molecule has 2 aromatic rings. The highest BCUT2D eigenvalue weighted by Crippen LogP contribution is 2.14. The summed E-state index contributed by atoms with van der Waals surface area (Å²) in [7, 11) is 0. The number of aliphatic hydroxyl groups excluding tert-OH is 1. The molecule has 2 aliphatic rings. The quantitative estimate of drug-likeness (QED) is 0.435. The van der Waals surface area contributed by atoms with E-state index in [1.165, 1.54) is 40.8 Å². The zero-order valence-corrected chi connectivity index (χ0v) is 18.8. The molecule has 0 amide bonds. The number of nitro groups is 2. The van der Waals surface area contributed by atoms with Gasteiger partial charge in [-0.3, -0.25) is 29.6 Å². The van der Waals surface area contributed by atoms with Crippen molar-refractivity contribution in [1.29, 1.82) is 0 Å². The lowest BCUT2D eigenvalue weighted by Crippen LogP contribution is -2.24. The fourth-order valence-corrected chi connectivity index (χ4v) is 2.85. The third-order valence-corrected chi connectivity index (χ3v) is 4.58. The van der Waals surface area contributed by atoms with Crippen molar-refractivity contribution in [2.45, 2.75) is 51.5 Å². The molecule has 1 fully saturated rings. The van der Waals surface area contributed by atoms with E-state index >= 15 is 0 Å². The second-order valence-electron chi connectivity index (χ2n) is 7.21. The summed E-state index contributed by atoms with van der Waals surface area (Å²) >= 11 is 0. The number of ether oxygens (including phenoxy) is 3. The van der Waals surface area contributed by atoms with E-state index in [0.717, 1.165) is 38.7 Å². The highest BCUT2D eigenvalue weighted by molar-refractivity contribution is 5.21. The molecule has 1 N–H and O–H groups in total. The molecule has 4 heterocycles. The Kier molecular flexibility index (Phi) is 12.2. The first kappa shape index (κ1) is 26.9. The van der Waals surface area contributed by atoms with Gasteiger partial charge in [0.1, 0.15) is 24.8 Å². The van der Waals surface area contributed by atoms with Gasteiger partial charge in [0.2, 0.25) is 0 Å². The minimum Gasteiger partial charge on any atom is -0.502 e. The number of rotatable bonds is 8. The smallest absolute Gasteiger partial charge is 0.306 e. The molecule has 188 valence electrons. The average molecular weight is 482 g/mol. The molecule has 2 aliphatic heterocycles. The van der Waals surface area contributed by atoms with Crippen molar-refractivity contribution in [1.82, 2.24) is 19.6 Å². The Labute approximate surface area is 196 Å². The van der Waals surface area contributed by atoms with Crippen LogP contribution in [0.1, 0.15) is 32.1 Å². The van der Waals surface area contributed by atoms with Crippen LogP contribution < -0.4 is 0 Å². The van der Waals surface area contributed by atoms with Crippen LogP contribution in [0.25, 0.3) is 0 Å². The summed E-state index contributed by atoms with van der Waals surface area (Å²) in [5.74, 6) is 0. The van der Waals surface area contributed by atoms with Crippen LogP contribution in [0.3, 0.4) is 0 Å². The lowest BCUT2D eigenvalue weighted by Gasteiger charge is -2.22. The number of hydrogen-bond donors (Lipinski definition) is 1. The van der Waals surface area contributed by atoms with Crippen LogP contribution in [0.15, 0.2) is 37.1 Å². The van der Waals surface area contributed by atoms with Crippen LogP contribution in [-0.2, 0) is 27.3 Å². The van der Waals surface area contributed by atoms with Crippen LogP contribution in [0.4, 0.5) is 11.4 Å². The molecule has 2 aromatic heterocycles. The number of allylic oxidation sites excluding steroid dienone is 1. The first-order chi connectivity index (χ1) is 16.5. The predicted octanol–water partition coefficient (Wildman–Crippen LogP) is 2.43. The van der Waals surface area contributed by atoms with E-state index in [-0.39, 0.29) is 30.8 Å². The van der Waals surface area contributed by atoms with Crippen molar-refractivity contribution in [2.75, 3.05) is 26.4 Å². The first-order valence-corrected chi connectivity index (χ1v) is 10.9. The van der Waals surface area contributed by atoms with Crippen LogP contribution >= 0.6 is 0 Å². The fourth-order valence-electron chi connectivity index (χ4n) is 2.85. The number of hydrogen-bond acceptors (Lipinski definition) is 10. The van der Waals surface area contributed by atoms with Crippen molar-refractivity contribution in [2.24, 2.45) is 0 Å². The highest BCUT2D eigenvalue weighted by Gasteiger charge is 2.14. The van der Waals surface area contributed by atoms with Crippen molar-refractivity contribution in [3.63, 3.8) is 0 Å². The molecule has 34 heavy (non-hydrogen) atoms. The normalized spacial score (nSPS) is 16.9. The number of nitrogens with zero attached hydrogens (tertiary/aromatic N) is 6. The molecule has 14 nitrogen and oxygen atoms in total. The monoisotopic (exact) mass is 482 g/mol. The largest absolute Gasteiger partial charge is 0.502 e. The molecule has 0 bridgehead atoms. The van der Waals surface area contributed by atoms with Crippen molar-refractivity contribution < 1.29 is 29.2 Å². The maximum Gasteiger partial charge on any atom is 0.306 e. The van der Waals surface area contributed by atoms with Gasteiger partial charge in [0.05, 0.1) is 49.0 Å². The van der Waals surface area contributed by atoms with Gasteiger partial charge in [-0.15, -0.1) is 0 Å². The van der Waals surface area contributed by atoms with E-state index in [2.05, 4.69) is 10.2 Å². The first-order valence-electron chi connectivity index (χ1n) is 10.9. The molecular weight excluding hydrogens is 452 g/mol. The van der Waals surface area contributed by atoms with Gasteiger partial charge < -0.3 is 19.3 Å². The Hall–Kier alpha value is -3.36. The SMILES string of the molecule is C1=COCCC1.O=[N+]([O-])c1cnn(CCO)c1.O=[N+]([O-])c1cnn(CCOC2CCCCO2)c1. The summed E-state index contributed by atoms with van der Waals surface area (Å²) in [6.07, 6.45) is 14.2. The van der Waals surface area contributed by atoms with Gasteiger partial charge in [-0.2, -0.15) is 10.2 Å². The van der Waals surface area contributed by atoms with Crippen molar-refractivity contribution in [3.05, 3.63) is 57.4 Å². The van der Waals surface area contributed by atoms with Gasteiger partial charge in [-0.1, -0.05) is 0 Å². The standard InChI is InChI=1S/C10H15N3O4.C5H7N3O3.C5H8O/c14-13(15)9-7-11-12(8-9)4-6-17-10-3-1-2-5-16-10;9-2-1-7-4-5(3-6-7)8(10)11;1-2-4-6-5-3-1/h7-8,10H,1-6H2;3-4,9H,1-2H2;2,4H,1,3,5H2. The molecule has 4 rings (SSSR count). The molecule has 0 saturated carbocycles. The predicted molar refractivity (Wildman–Crippen MR) is 119 cm³/mol. The molecule has 0 radical (unpaired) electrons. The summed E-state index contributed by atoms with van der Waals surface area (Å²) in [4.78, 5) is 19.6. The third kappa shape index (κ3) is 10.5.